The number of esters is 2. The van der Waals surface area contributed by atoms with Crippen LogP contribution in [0.4, 0.5) is 0 Å². The standard InChI is InChI=1S/C49H95NO5/c1-5-8-11-14-22-29-36-47(37-30-23-15-12-9-6-2)55-49(52)39-32-25-19-21-28-35-45(50-46-40-42-53-43-41-46)34-27-20-17-16-18-24-31-38-48(51)54-44(4)33-26-13-10-7-3/h44-47,50H,5-43H2,1-4H3. The molecule has 0 aliphatic carbocycles. The number of hydrogen-bond donors (Lipinski definition) is 1. The maximum Gasteiger partial charge on any atom is 0.306 e. The van der Waals surface area contributed by atoms with Gasteiger partial charge in [-0.25, -0.2) is 0 Å². The van der Waals surface area contributed by atoms with E-state index < -0.39 is 0 Å². The maximum absolute atomic E-state index is 12.8. The van der Waals surface area contributed by atoms with Gasteiger partial charge in [0.05, 0.1) is 6.10 Å². The maximum atomic E-state index is 12.8. The number of rotatable bonds is 41. The van der Waals surface area contributed by atoms with Gasteiger partial charge in [-0.05, 0) is 84.0 Å². The highest BCUT2D eigenvalue weighted by Crippen LogP contribution is 2.20. The van der Waals surface area contributed by atoms with Crippen LogP contribution in [0.1, 0.15) is 265 Å². The Morgan fingerprint density at radius 2 is 0.855 bits per heavy atom. The third kappa shape index (κ3) is 34.6. The number of nitrogens with one attached hydrogen (secondary N) is 1. The first-order valence-corrected chi connectivity index (χ1v) is 24.7. The molecule has 1 N–H and O–H groups in total. The molecule has 2 unspecified atom stereocenters. The molecule has 55 heavy (non-hydrogen) atoms. The Kier molecular flexibility index (Phi) is 37.4. The summed E-state index contributed by atoms with van der Waals surface area (Å²) in [5, 5.41) is 4.02. The van der Waals surface area contributed by atoms with Crippen molar-refractivity contribution in [1.82, 2.24) is 5.32 Å². The Labute approximate surface area is 342 Å². The van der Waals surface area contributed by atoms with Crippen LogP contribution < -0.4 is 5.32 Å². The summed E-state index contributed by atoms with van der Waals surface area (Å²) in [5.41, 5.74) is 0. The van der Waals surface area contributed by atoms with Crippen molar-refractivity contribution in [2.45, 2.75) is 290 Å². The van der Waals surface area contributed by atoms with Gasteiger partial charge in [0.15, 0.2) is 0 Å². The van der Waals surface area contributed by atoms with Gasteiger partial charge in [-0.1, -0.05) is 168 Å². The van der Waals surface area contributed by atoms with Crippen molar-refractivity contribution in [3.05, 3.63) is 0 Å². The van der Waals surface area contributed by atoms with Crippen LogP contribution in [0.15, 0.2) is 0 Å². The largest absolute Gasteiger partial charge is 0.463 e. The topological polar surface area (TPSA) is 73.9 Å². The molecule has 0 bridgehead atoms. The molecule has 0 amide bonds. The lowest BCUT2D eigenvalue weighted by molar-refractivity contribution is -0.150. The molecule has 2 atom stereocenters. The van der Waals surface area contributed by atoms with Gasteiger partial charge in [0.25, 0.3) is 0 Å². The summed E-state index contributed by atoms with van der Waals surface area (Å²) in [4.78, 5) is 25.0. The summed E-state index contributed by atoms with van der Waals surface area (Å²) < 4.78 is 17.3. The third-order valence-electron chi connectivity index (χ3n) is 11.9. The molecule has 0 aromatic rings. The zero-order valence-electron chi connectivity index (χ0n) is 37.4. The summed E-state index contributed by atoms with van der Waals surface area (Å²) in [6.45, 7) is 10.6. The Morgan fingerprint density at radius 1 is 0.491 bits per heavy atom. The van der Waals surface area contributed by atoms with Crippen LogP contribution in [-0.2, 0) is 23.8 Å². The number of unbranched alkanes of at least 4 members (excludes halogenated alkanes) is 23. The van der Waals surface area contributed by atoms with Crippen LogP contribution in [0.2, 0.25) is 0 Å². The lowest BCUT2D eigenvalue weighted by Crippen LogP contribution is -2.41. The molecule has 0 spiro atoms. The van der Waals surface area contributed by atoms with Gasteiger partial charge in [0, 0.05) is 38.1 Å². The van der Waals surface area contributed by atoms with Crippen molar-refractivity contribution in [1.29, 1.82) is 0 Å². The van der Waals surface area contributed by atoms with E-state index in [-0.39, 0.29) is 24.1 Å². The smallest absolute Gasteiger partial charge is 0.306 e. The van der Waals surface area contributed by atoms with Gasteiger partial charge >= 0.3 is 11.9 Å². The Hall–Kier alpha value is -1.14. The Balaban J connectivity index is 2.23. The minimum absolute atomic E-state index is 0.00727. The molecule has 0 aromatic heterocycles. The number of hydrogen-bond acceptors (Lipinski definition) is 6. The fourth-order valence-electron chi connectivity index (χ4n) is 8.26. The second kappa shape index (κ2) is 39.7. The fraction of sp³-hybridized carbons (Fsp3) is 0.959. The second-order valence-electron chi connectivity index (χ2n) is 17.4. The summed E-state index contributed by atoms with van der Waals surface area (Å²) in [6.07, 6.45) is 44.0. The van der Waals surface area contributed by atoms with Crippen LogP contribution >= 0.6 is 0 Å². The van der Waals surface area contributed by atoms with Crippen molar-refractivity contribution in [3.8, 4) is 0 Å². The lowest BCUT2D eigenvalue weighted by atomic mass is 9.98. The van der Waals surface area contributed by atoms with E-state index in [1.807, 2.05) is 6.92 Å². The van der Waals surface area contributed by atoms with Gasteiger partial charge in [-0.3, -0.25) is 9.59 Å². The highest BCUT2D eigenvalue weighted by molar-refractivity contribution is 5.69. The first kappa shape index (κ1) is 51.9. The third-order valence-corrected chi connectivity index (χ3v) is 11.9. The van der Waals surface area contributed by atoms with Crippen LogP contribution in [0.3, 0.4) is 0 Å². The van der Waals surface area contributed by atoms with E-state index in [1.165, 1.54) is 161 Å². The minimum Gasteiger partial charge on any atom is -0.463 e. The first-order valence-electron chi connectivity index (χ1n) is 24.7. The zero-order valence-corrected chi connectivity index (χ0v) is 37.4. The monoisotopic (exact) mass is 778 g/mol. The van der Waals surface area contributed by atoms with E-state index in [0.29, 0.717) is 24.9 Å². The van der Waals surface area contributed by atoms with Gasteiger partial charge < -0.3 is 19.5 Å². The molecule has 0 saturated carbocycles. The number of ether oxygens (including phenoxy) is 3. The summed E-state index contributed by atoms with van der Waals surface area (Å²) in [6, 6.07) is 1.21. The fourth-order valence-corrected chi connectivity index (χ4v) is 8.26. The number of carbonyl (C=O) groups is 2. The molecule has 0 radical (unpaired) electrons. The highest BCUT2D eigenvalue weighted by Gasteiger charge is 2.18. The summed E-state index contributed by atoms with van der Waals surface area (Å²) in [7, 11) is 0. The predicted octanol–water partition coefficient (Wildman–Crippen LogP) is 14.7. The first-order chi connectivity index (χ1) is 27.0. The van der Waals surface area contributed by atoms with E-state index >= 15 is 0 Å². The molecular weight excluding hydrogens is 683 g/mol. The second-order valence-corrected chi connectivity index (χ2v) is 17.4. The van der Waals surface area contributed by atoms with Crippen molar-refractivity contribution in [3.63, 3.8) is 0 Å². The van der Waals surface area contributed by atoms with Gasteiger partial charge in [-0.2, -0.15) is 0 Å². The van der Waals surface area contributed by atoms with Crippen molar-refractivity contribution < 1.29 is 23.8 Å². The number of carbonyl (C=O) groups excluding carboxylic acids is 2. The van der Waals surface area contributed by atoms with E-state index in [0.717, 1.165) is 77.4 Å². The molecule has 6 heteroatoms. The molecule has 1 saturated heterocycles. The van der Waals surface area contributed by atoms with E-state index in [1.54, 1.807) is 0 Å². The zero-order chi connectivity index (χ0) is 39.9. The molecule has 0 aromatic carbocycles. The van der Waals surface area contributed by atoms with Gasteiger partial charge in [0.1, 0.15) is 6.10 Å². The van der Waals surface area contributed by atoms with E-state index in [2.05, 4.69) is 26.1 Å². The summed E-state index contributed by atoms with van der Waals surface area (Å²) >= 11 is 0. The molecule has 1 aliphatic rings. The molecule has 1 heterocycles. The van der Waals surface area contributed by atoms with Crippen molar-refractivity contribution in [2.24, 2.45) is 0 Å². The molecule has 326 valence electrons. The average Bonchev–Trinajstić information content (AvgIpc) is 3.18. The quantitative estimate of drug-likeness (QED) is 0.0492. The van der Waals surface area contributed by atoms with Gasteiger partial charge in [0.2, 0.25) is 0 Å². The Bertz CT molecular complexity index is 814. The summed E-state index contributed by atoms with van der Waals surface area (Å²) in [5.74, 6) is 0.0352. The molecular formula is C49H95NO5. The SMILES string of the molecule is CCCCCCCCC(CCCCCCCC)OC(=O)CCCCCCCC(CCCCCCCCCC(=O)OC(C)CCCCCC)NC1CCOCC1. The van der Waals surface area contributed by atoms with Gasteiger partial charge in [-0.15, -0.1) is 0 Å². The van der Waals surface area contributed by atoms with Crippen LogP contribution in [0, 0.1) is 0 Å². The van der Waals surface area contributed by atoms with Crippen LogP contribution in [0.5, 0.6) is 0 Å². The van der Waals surface area contributed by atoms with Crippen LogP contribution in [0.25, 0.3) is 0 Å². The average molecular weight is 778 g/mol. The van der Waals surface area contributed by atoms with Crippen molar-refractivity contribution >= 4 is 11.9 Å². The highest BCUT2D eigenvalue weighted by atomic mass is 16.5. The normalized spacial score (nSPS) is 14.7. The lowest BCUT2D eigenvalue weighted by Gasteiger charge is -2.29. The molecule has 1 aliphatic heterocycles. The van der Waals surface area contributed by atoms with E-state index in [9.17, 15) is 9.59 Å². The minimum atomic E-state index is -0.00727. The predicted molar refractivity (Wildman–Crippen MR) is 235 cm³/mol. The van der Waals surface area contributed by atoms with Crippen LogP contribution in [-0.4, -0.2) is 49.4 Å². The molecule has 1 rings (SSSR count). The van der Waals surface area contributed by atoms with Crippen molar-refractivity contribution in [2.75, 3.05) is 13.2 Å². The van der Waals surface area contributed by atoms with E-state index in [4.69, 9.17) is 14.2 Å². The Morgan fingerprint density at radius 3 is 1.33 bits per heavy atom. The molecule has 1 fully saturated rings. The molecule has 6 nitrogen and oxygen atoms in total.